The zero-order valence-corrected chi connectivity index (χ0v) is 14.2. The Kier molecular flexibility index (Phi) is 4.70. The number of hydrogen-bond acceptors (Lipinski definition) is 5. The van der Waals surface area contributed by atoms with Gasteiger partial charge in [0.1, 0.15) is 4.88 Å². The van der Waals surface area contributed by atoms with Crippen LogP contribution >= 0.6 is 11.5 Å². The number of halogens is 3. The van der Waals surface area contributed by atoms with E-state index in [-0.39, 0.29) is 28.7 Å². The summed E-state index contributed by atoms with van der Waals surface area (Å²) in [4.78, 5) is 14.4. The maximum absolute atomic E-state index is 14.0. The molecule has 2 aromatic rings. The third kappa shape index (κ3) is 3.34. The van der Waals surface area contributed by atoms with Crippen LogP contribution in [0.4, 0.5) is 13.2 Å². The van der Waals surface area contributed by atoms with Crippen LogP contribution < -0.4 is 0 Å². The van der Waals surface area contributed by atoms with Crippen LogP contribution in [-0.4, -0.2) is 45.6 Å². The molecular formula is C16H15F3N2O3S. The van der Waals surface area contributed by atoms with E-state index in [1.165, 1.54) is 6.07 Å². The van der Waals surface area contributed by atoms with Crippen LogP contribution in [0, 0.1) is 17.5 Å². The number of amides is 1. The standard InChI is InChI=1S/C16H15F3N2O3S/c1-7-5-21(6-8(2)24-7)16(23)12-4-11(20-25-12)9-3-10(17)14(19)15(22)13(9)18/h3-4,7-8,22H,5-6H2,1-2H3/t7-,8+. The molecule has 9 heteroatoms. The van der Waals surface area contributed by atoms with E-state index in [0.29, 0.717) is 19.2 Å². The van der Waals surface area contributed by atoms with Gasteiger partial charge in [0, 0.05) is 18.7 Å². The minimum Gasteiger partial charge on any atom is -0.503 e. The van der Waals surface area contributed by atoms with E-state index < -0.39 is 28.8 Å². The predicted molar refractivity (Wildman–Crippen MR) is 85.0 cm³/mol. The zero-order chi connectivity index (χ0) is 18.3. The fraction of sp³-hybridized carbons (Fsp3) is 0.375. The summed E-state index contributed by atoms with van der Waals surface area (Å²) in [6.45, 7) is 4.54. The quantitative estimate of drug-likeness (QED) is 0.823. The van der Waals surface area contributed by atoms with Crippen LogP contribution in [0.1, 0.15) is 23.5 Å². The monoisotopic (exact) mass is 372 g/mol. The van der Waals surface area contributed by atoms with Crippen LogP contribution in [0.3, 0.4) is 0 Å². The molecule has 1 fully saturated rings. The molecule has 3 rings (SSSR count). The Balaban J connectivity index is 1.89. The molecule has 0 saturated carbocycles. The summed E-state index contributed by atoms with van der Waals surface area (Å²) in [7, 11) is 0. The van der Waals surface area contributed by atoms with Crippen molar-refractivity contribution in [3.63, 3.8) is 0 Å². The molecule has 1 aromatic carbocycles. The van der Waals surface area contributed by atoms with E-state index in [4.69, 9.17) is 4.74 Å². The van der Waals surface area contributed by atoms with Crippen molar-refractivity contribution in [2.75, 3.05) is 13.1 Å². The van der Waals surface area contributed by atoms with E-state index in [0.717, 1.165) is 11.5 Å². The summed E-state index contributed by atoms with van der Waals surface area (Å²) < 4.78 is 50.1. The summed E-state index contributed by atoms with van der Waals surface area (Å²) in [6, 6.07) is 1.90. The number of benzene rings is 1. The molecular weight excluding hydrogens is 357 g/mol. The van der Waals surface area contributed by atoms with Crippen molar-refractivity contribution in [2.45, 2.75) is 26.1 Å². The maximum atomic E-state index is 14.0. The summed E-state index contributed by atoms with van der Waals surface area (Å²) in [5.41, 5.74) is -0.454. The molecule has 1 aliphatic rings. The van der Waals surface area contributed by atoms with E-state index >= 15 is 0 Å². The van der Waals surface area contributed by atoms with Gasteiger partial charge in [-0.05, 0) is 37.5 Å². The lowest BCUT2D eigenvalue weighted by atomic mass is 10.1. The number of carbonyl (C=O) groups excluding carboxylic acids is 1. The number of nitrogens with zero attached hydrogens (tertiary/aromatic N) is 2. The lowest BCUT2D eigenvalue weighted by molar-refractivity contribution is -0.0585. The number of phenolic OH excluding ortho intramolecular Hbond substituents is 1. The number of aromatic hydroxyl groups is 1. The number of carbonyl (C=O) groups is 1. The fourth-order valence-corrected chi connectivity index (χ4v) is 3.50. The zero-order valence-electron chi connectivity index (χ0n) is 13.4. The van der Waals surface area contributed by atoms with E-state index in [2.05, 4.69) is 4.37 Å². The molecule has 2 heterocycles. The van der Waals surface area contributed by atoms with Gasteiger partial charge in [-0.15, -0.1) is 0 Å². The van der Waals surface area contributed by atoms with Crippen molar-refractivity contribution >= 4 is 17.4 Å². The second-order valence-electron chi connectivity index (χ2n) is 5.93. The molecule has 0 bridgehead atoms. The molecule has 5 nitrogen and oxygen atoms in total. The molecule has 0 aliphatic carbocycles. The summed E-state index contributed by atoms with van der Waals surface area (Å²) >= 11 is 0.827. The van der Waals surface area contributed by atoms with Crippen molar-refractivity contribution in [1.82, 2.24) is 9.27 Å². The number of phenols is 1. The molecule has 0 unspecified atom stereocenters. The first-order valence-corrected chi connectivity index (χ1v) is 8.33. The van der Waals surface area contributed by atoms with Gasteiger partial charge < -0.3 is 14.7 Å². The highest BCUT2D eigenvalue weighted by Crippen LogP contribution is 2.33. The Bertz CT molecular complexity index is 817. The lowest BCUT2D eigenvalue weighted by Crippen LogP contribution is -2.48. The molecule has 1 saturated heterocycles. The van der Waals surface area contributed by atoms with Gasteiger partial charge in [-0.2, -0.15) is 8.76 Å². The van der Waals surface area contributed by atoms with Crippen molar-refractivity contribution in [2.24, 2.45) is 0 Å². The SMILES string of the molecule is C[C@@H]1CN(C(=O)c2cc(-c3cc(F)c(F)c(O)c3F)ns2)C[C@H](C)O1. The van der Waals surface area contributed by atoms with Gasteiger partial charge in [0.15, 0.2) is 17.4 Å². The Morgan fingerprint density at radius 2 is 1.88 bits per heavy atom. The van der Waals surface area contributed by atoms with Crippen LogP contribution in [0.15, 0.2) is 12.1 Å². The third-order valence-corrected chi connectivity index (χ3v) is 4.61. The Morgan fingerprint density at radius 1 is 1.24 bits per heavy atom. The van der Waals surface area contributed by atoms with E-state index in [1.807, 2.05) is 13.8 Å². The number of ether oxygens (including phenoxy) is 1. The van der Waals surface area contributed by atoms with Gasteiger partial charge in [-0.25, -0.2) is 8.78 Å². The van der Waals surface area contributed by atoms with Gasteiger partial charge in [0.2, 0.25) is 5.82 Å². The maximum Gasteiger partial charge on any atom is 0.265 e. The number of morpholine rings is 1. The molecule has 1 aliphatic heterocycles. The molecule has 0 spiro atoms. The van der Waals surface area contributed by atoms with Gasteiger partial charge in [0.25, 0.3) is 5.91 Å². The molecule has 1 N–H and O–H groups in total. The fourth-order valence-electron chi connectivity index (χ4n) is 2.78. The Hall–Kier alpha value is -2.13. The van der Waals surface area contributed by atoms with Gasteiger partial charge >= 0.3 is 0 Å². The summed E-state index contributed by atoms with van der Waals surface area (Å²) in [6.07, 6.45) is -0.221. The second-order valence-corrected chi connectivity index (χ2v) is 6.73. The van der Waals surface area contributed by atoms with Crippen LogP contribution in [0.25, 0.3) is 11.3 Å². The number of rotatable bonds is 2. The smallest absolute Gasteiger partial charge is 0.265 e. The largest absolute Gasteiger partial charge is 0.503 e. The van der Waals surface area contributed by atoms with Crippen LogP contribution in [-0.2, 0) is 4.74 Å². The minimum absolute atomic E-state index is 0.0468. The molecule has 0 radical (unpaired) electrons. The number of hydrogen-bond donors (Lipinski definition) is 1. The van der Waals surface area contributed by atoms with Crippen LogP contribution in [0.2, 0.25) is 0 Å². The van der Waals surface area contributed by atoms with Gasteiger partial charge in [-0.1, -0.05) is 0 Å². The van der Waals surface area contributed by atoms with Crippen molar-refractivity contribution in [1.29, 1.82) is 0 Å². The topological polar surface area (TPSA) is 62.7 Å². The predicted octanol–water partition coefficient (Wildman–Crippen LogP) is 3.18. The van der Waals surface area contributed by atoms with E-state index in [9.17, 15) is 23.1 Å². The highest BCUT2D eigenvalue weighted by Gasteiger charge is 2.28. The van der Waals surface area contributed by atoms with Crippen molar-refractivity contribution in [3.05, 3.63) is 34.5 Å². The molecule has 1 aromatic heterocycles. The van der Waals surface area contributed by atoms with Gasteiger partial charge in [-0.3, -0.25) is 4.79 Å². The van der Waals surface area contributed by atoms with Crippen molar-refractivity contribution in [3.8, 4) is 17.0 Å². The lowest BCUT2D eigenvalue weighted by Gasteiger charge is -2.34. The molecule has 25 heavy (non-hydrogen) atoms. The normalized spacial score (nSPS) is 20.8. The summed E-state index contributed by atoms with van der Waals surface area (Å²) in [5.74, 6) is -6.09. The van der Waals surface area contributed by atoms with E-state index in [1.54, 1.807) is 4.90 Å². The average molecular weight is 372 g/mol. The molecule has 1 amide bonds. The summed E-state index contributed by atoms with van der Waals surface area (Å²) in [5, 5.41) is 9.30. The minimum atomic E-state index is -1.66. The Morgan fingerprint density at radius 3 is 2.52 bits per heavy atom. The second kappa shape index (κ2) is 6.64. The highest BCUT2D eigenvalue weighted by molar-refractivity contribution is 7.08. The highest BCUT2D eigenvalue weighted by atomic mass is 32.1. The first kappa shape index (κ1) is 17.7. The first-order valence-electron chi connectivity index (χ1n) is 7.56. The molecule has 134 valence electrons. The Labute approximate surface area is 145 Å². The third-order valence-electron chi connectivity index (χ3n) is 3.84. The first-order chi connectivity index (χ1) is 11.8. The van der Waals surface area contributed by atoms with Crippen LogP contribution in [0.5, 0.6) is 5.75 Å². The molecule has 2 atom stereocenters. The number of aromatic nitrogens is 1. The van der Waals surface area contributed by atoms with Crippen molar-refractivity contribution < 1.29 is 27.8 Å². The van der Waals surface area contributed by atoms with Gasteiger partial charge in [0.05, 0.1) is 17.9 Å². The average Bonchev–Trinajstić information content (AvgIpc) is 3.04.